The van der Waals surface area contributed by atoms with Crippen LogP contribution in [0, 0.1) is 0 Å². The third-order valence-electron chi connectivity index (χ3n) is 5.18. The van der Waals surface area contributed by atoms with Gasteiger partial charge < -0.3 is 20.1 Å². The quantitative estimate of drug-likeness (QED) is 0.605. The van der Waals surface area contributed by atoms with Crippen LogP contribution in [0.3, 0.4) is 0 Å². The highest BCUT2D eigenvalue weighted by Gasteiger charge is 2.34. The second-order valence-electron chi connectivity index (χ2n) is 7.21. The van der Waals surface area contributed by atoms with Crippen LogP contribution < -0.4 is 15.4 Å². The lowest BCUT2D eigenvalue weighted by Gasteiger charge is -2.32. The molecule has 3 rings (SSSR count). The lowest BCUT2D eigenvalue weighted by Crippen LogP contribution is -2.48. The third kappa shape index (κ3) is 5.64. The Labute approximate surface area is 183 Å². The molecule has 31 heavy (non-hydrogen) atoms. The van der Waals surface area contributed by atoms with E-state index < -0.39 is 12.0 Å². The summed E-state index contributed by atoms with van der Waals surface area (Å²) in [6, 6.07) is 16.4. The Morgan fingerprint density at radius 2 is 1.74 bits per heavy atom. The number of nitrogens with zero attached hydrogens (tertiary/aromatic N) is 1. The lowest BCUT2D eigenvalue weighted by atomic mass is 9.94. The van der Waals surface area contributed by atoms with Crippen LogP contribution >= 0.6 is 0 Å². The first-order valence-electron chi connectivity index (χ1n) is 10.4. The average molecular weight is 424 g/mol. The van der Waals surface area contributed by atoms with Crippen LogP contribution in [0.15, 0.2) is 65.9 Å². The highest BCUT2D eigenvalue weighted by Crippen LogP contribution is 2.29. The summed E-state index contributed by atoms with van der Waals surface area (Å²) in [4.78, 5) is 27.6. The van der Waals surface area contributed by atoms with E-state index in [2.05, 4.69) is 34.6 Å². The van der Waals surface area contributed by atoms with Gasteiger partial charge in [0.15, 0.2) is 0 Å². The van der Waals surface area contributed by atoms with Crippen LogP contribution in [0.25, 0.3) is 0 Å². The van der Waals surface area contributed by atoms with Gasteiger partial charge in [0, 0.05) is 18.8 Å². The first kappa shape index (κ1) is 22.4. The predicted octanol–water partition coefficient (Wildman–Crippen LogP) is 3.39. The third-order valence-corrected chi connectivity index (χ3v) is 5.18. The number of urea groups is 1. The number of amides is 2. The number of hydrogen-bond acceptors (Lipinski definition) is 5. The van der Waals surface area contributed by atoms with Crippen LogP contribution in [0.4, 0.5) is 4.79 Å². The summed E-state index contributed by atoms with van der Waals surface area (Å²) in [5.41, 5.74) is 2.91. The number of benzene rings is 2. The van der Waals surface area contributed by atoms with Gasteiger partial charge in [0.1, 0.15) is 5.75 Å². The number of esters is 1. The molecule has 2 aromatic rings. The van der Waals surface area contributed by atoms with Gasteiger partial charge in [-0.3, -0.25) is 4.90 Å². The molecule has 1 heterocycles. The summed E-state index contributed by atoms with van der Waals surface area (Å²) >= 11 is 0. The molecule has 0 aromatic heterocycles. The summed E-state index contributed by atoms with van der Waals surface area (Å²) in [5.74, 6) is 0.257. The molecule has 0 spiro atoms. The van der Waals surface area contributed by atoms with Crippen LogP contribution in [0.1, 0.15) is 31.0 Å². The van der Waals surface area contributed by atoms with Crippen molar-refractivity contribution in [3.05, 3.63) is 77.0 Å². The van der Waals surface area contributed by atoms with Crippen molar-refractivity contribution < 1.29 is 19.1 Å². The first-order chi connectivity index (χ1) is 15.0. The Morgan fingerprint density at radius 3 is 2.35 bits per heavy atom. The van der Waals surface area contributed by atoms with Gasteiger partial charge in [0.05, 0.1) is 25.3 Å². The highest BCUT2D eigenvalue weighted by molar-refractivity contribution is 5.95. The number of nitrogens with one attached hydrogen (secondary N) is 2. The predicted molar refractivity (Wildman–Crippen MR) is 118 cm³/mol. The molecule has 0 radical (unpaired) electrons. The molecular weight excluding hydrogens is 394 g/mol. The molecule has 7 nitrogen and oxygen atoms in total. The first-order valence-corrected chi connectivity index (χ1v) is 10.4. The maximum atomic E-state index is 12.9. The number of methoxy groups -OCH3 is 1. The van der Waals surface area contributed by atoms with Gasteiger partial charge >= 0.3 is 12.0 Å². The van der Waals surface area contributed by atoms with E-state index in [0.29, 0.717) is 30.1 Å². The van der Waals surface area contributed by atoms with Crippen molar-refractivity contribution in [1.82, 2.24) is 15.5 Å². The Morgan fingerprint density at radius 1 is 1.03 bits per heavy atom. The normalized spacial score (nSPS) is 16.0. The minimum Gasteiger partial charge on any atom is -0.497 e. The van der Waals surface area contributed by atoms with Crippen molar-refractivity contribution in [3.63, 3.8) is 0 Å². The molecule has 0 saturated heterocycles. The summed E-state index contributed by atoms with van der Waals surface area (Å²) in [6.07, 6.45) is 0. The minimum atomic E-state index is -0.607. The van der Waals surface area contributed by atoms with Gasteiger partial charge in [-0.2, -0.15) is 0 Å². The molecule has 1 aliphatic rings. The number of likely N-dealkylation sites (N-methyl/N-ethyl adjacent to an activating group) is 1. The summed E-state index contributed by atoms with van der Waals surface area (Å²) < 4.78 is 10.6. The molecule has 0 unspecified atom stereocenters. The van der Waals surface area contributed by atoms with Gasteiger partial charge in [-0.1, -0.05) is 49.4 Å². The molecule has 0 fully saturated rings. The molecule has 7 heteroatoms. The largest absolute Gasteiger partial charge is 0.497 e. The van der Waals surface area contributed by atoms with Crippen LogP contribution in [0.5, 0.6) is 5.75 Å². The molecule has 0 bridgehead atoms. The van der Waals surface area contributed by atoms with E-state index in [1.165, 1.54) is 0 Å². The summed E-state index contributed by atoms with van der Waals surface area (Å²) in [7, 11) is 1.59. The van der Waals surface area contributed by atoms with E-state index in [-0.39, 0.29) is 12.6 Å². The van der Waals surface area contributed by atoms with Crippen LogP contribution in [-0.2, 0) is 16.1 Å². The average Bonchev–Trinajstić information content (AvgIpc) is 2.79. The fourth-order valence-corrected chi connectivity index (χ4v) is 3.58. The van der Waals surface area contributed by atoms with Crippen LogP contribution in [-0.4, -0.2) is 43.7 Å². The smallest absolute Gasteiger partial charge is 0.338 e. The SMILES string of the molecule is CCOC(=O)C1=C(CN(CC)Cc2ccccc2)NC(=O)N[C@@H]1c1ccc(OC)cc1. The Balaban J connectivity index is 1.96. The topological polar surface area (TPSA) is 79.9 Å². The van der Waals surface area contributed by atoms with Crippen molar-refractivity contribution in [2.24, 2.45) is 0 Å². The van der Waals surface area contributed by atoms with Crippen LogP contribution in [0.2, 0.25) is 0 Å². The minimum absolute atomic E-state index is 0.250. The van der Waals surface area contributed by atoms with Gasteiger partial charge in [0.2, 0.25) is 0 Å². The van der Waals surface area contributed by atoms with Crippen molar-refractivity contribution in [3.8, 4) is 5.75 Å². The zero-order chi connectivity index (χ0) is 22.2. The van der Waals surface area contributed by atoms with Crippen molar-refractivity contribution in [2.75, 3.05) is 26.8 Å². The van der Waals surface area contributed by atoms with E-state index in [1.807, 2.05) is 30.3 Å². The molecule has 0 aliphatic carbocycles. The Bertz CT molecular complexity index is 926. The standard InChI is InChI=1S/C24H29N3O4/c1-4-27(15-17-9-7-6-8-10-17)16-20-21(23(28)31-5-2)22(26-24(29)25-20)18-11-13-19(30-3)14-12-18/h6-14,22H,4-5,15-16H2,1-3H3,(H2,25,26,29)/t22-/m1/s1. The zero-order valence-electron chi connectivity index (χ0n) is 18.2. The fraction of sp³-hybridized carbons (Fsp3) is 0.333. The summed E-state index contributed by atoms with van der Waals surface area (Å²) in [5, 5.41) is 5.70. The van der Waals surface area contributed by atoms with Gasteiger partial charge in [-0.25, -0.2) is 9.59 Å². The second-order valence-corrected chi connectivity index (χ2v) is 7.21. The number of hydrogen-bond donors (Lipinski definition) is 2. The molecular formula is C24H29N3O4. The summed E-state index contributed by atoms with van der Waals surface area (Å²) in [6.45, 7) is 5.94. The molecule has 2 aromatic carbocycles. The highest BCUT2D eigenvalue weighted by atomic mass is 16.5. The number of rotatable bonds is 9. The zero-order valence-corrected chi connectivity index (χ0v) is 18.2. The number of ether oxygens (including phenoxy) is 2. The maximum absolute atomic E-state index is 12.9. The van der Waals surface area contributed by atoms with Gasteiger partial charge in [-0.15, -0.1) is 0 Å². The Hall–Kier alpha value is -3.32. The maximum Gasteiger partial charge on any atom is 0.338 e. The Kier molecular flexibility index (Phi) is 7.67. The molecule has 1 atom stereocenters. The van der Waals surface area contributed by atoms with Crippen molar-refractivity contribution in [2.45, 2.75) is 26.4 Å². The van der Waals surface area contributed by atoms with Crippen molar-refractivity contribution in [1.29, 1.82) is 0 Å². The van der Waals surface area contributed by atoms with Crippen molar-refractivity contribution >= 4 is 12.0 Å². The lowest BCUT2D eigenvalue weighted by molar-refractivity contribution is -0.139. The fourth-order valence-electron chi connectivity index (χ4n) is 3.58. The van der Waals surface area contributed by atoms with E-state index >= 15 is 0 Å². The number of carbonyl (C=O) groups excluding carboxylic acids is 2. The molecule has 2 amide bonds. The molecule has 1 aliphatic heterocycles. The molecule has 164 valence electrons. The number of carbonyl (C=O) groups is 2. The van der Waals surface area contributed by atoms with E-state index in [1.54, 1.807) is 26.2 Å². The van der Waals surface area contributed by atoms with Gasteiger partial charge in [0.25, 0.3) is 0 Å². The second kappa shape index (κ2) is 10.6. The van der Waals surface area contributed by atoms with Gasteiger partial charge in [-0.05, 0) is 36.7 Å². The molecule has 2 N–H and O–H groups in total. The monoisotopic (exact) mass is 423 g/mol. The van der Waals surface area contributed by atoms with E-state index in [0.717, 1.165) is 17.7 Å². The van der Waals surface area contributed by atoms with E-state index in [4.69, 9.17) is 9.47 Å². The molecule has 0 saturated carbocycles. The van der Waals surface area contributed by atoms with E-state index in [9.17, 15) is 9.59 Å².